The first kappa shape index (κ1) is 18.0. The summed E-state index contributed by atoms with van der Waals surface area (Å²) in [6.45, 7) is 3.96. The summed E-state index contributed by atoms with van der Waals surface area (Å²) in [5.74, 6) is 1.06. The molecule has 0 aliphatic heterocycles. The van der Waals surface area contributed by atoms with Crippen LogP contribution >= 0.6 is 11.6 Å². The van der Waals surface area contributed by atoms with Gasteiger partial charge in [-0.15, -0.1) is 0 Å². The largest absolute Gasteiger partial charge is 0.455 e. The standard InChI is InChI=1S/C21H19ClN2O2/c1-14-3-6-16(7-4-14)11-21(25)24-23-13-18-9-10-20(26-18)17-8-5-15(2)19(22)12-17/h3-10,12-13H,11H2,1-2H3,(H,24,25)/b23-13-. The number of carbonyl (C=O) groups excluding carboxylic acids is 1. The zero-order chi connectivity index (χ0) is 18.5. The van der Waals surface area contributed by atoms with E-state index in [0.29, 0.717) is 16.5 Å². The lowest BCUT2D eigenvalue weighted by Crippen LogP contribution is -2.19. The van der Waals surface area contributed by atoms with Gasteiger partial charge in [0.05, 0.1) is 12.6 Å². The van der Waals surface area contributed by atoms with Gasteiger partial charge in [0, 0.05) is 10.6 Å². The molecular weight excluding hydrogens is 348 g/mol. The number of nitrogens with zero attached hydrogens (tertiary/aromatic N) is 1. The Kier molecular flexibility index (Phi) is 5.54. The maximum Gasteiger partial charge on any atom is 0.244 e. The van der Waals surface area contributed by atoms with Crippen LogP contribution in [0.1, 0.15) is 22.5 Å². The molecule has 3 aromatic rings. The minimum atomic E-state index is -0.179. The van der Waals surface area contributed by atoms with E-state index in [1.807, 2.05) is 62.4 Å². The van der Waals surface area contributed by atoms with Crippen LogP contribution in [0.2, 0.25) is 5.02 Å². The van der Waals surface area contributed by atoms with Gasteiger partial charge in [0.2, 0.25) is 5.91 Å². The Morgan fingerprint density at radius 2 is 1.88 bits per heavy atom. The Balaban J connectivity index is 1.59. The van der Waals surface area contributed by atoms with Gasteiger partial charge in [0.1, 0.15) is 11.5 Å². The van der Waals surface area contributed by atoms with Crippen molar-refractivity contribution in [1.29, 1.82) is 0 Å². The molecule has 0 saturated carbocycles. The van der Waals surface area contributed by atoms with E-state index in [0.717, 1.165) is 22.3 Å². The van der Waals surface area contributed by atoms with Crippen LogP contribution in [0.4, 0.5) is 0 Å². The van der Waals surface area contributed by atoms with E-state index in [9.17, 15) is 4.79 Å². The molecule has 0 fully saturated rings. The molecule has 5 heteroatoms. The molecule has 0 spiro atoms. The highest BCUT2D eigenvalue weighted by atomic mass is 35.5. The molecule has 132 valence electrons. The number of hydrogen-bond donors (Lipinski definition) is 1. The number of hydrazone groups is 1. The second-order valence-electron chi connectivity index (χ2n) is 6.12. The van der Waals surface area contributed by atoms with E-state index >= 15 is 0 Å². The summed E-state index contributed by atoms with van der Waals surface area (Å²) in [5.41, 5.74) is 6.52. The summed E-state index contributed by atoms with van der Waals surface area (Å²) in [5, 5.41) is 4.64. The van der Waals surface area contributed by atoms with E-state index in [4.69, 9.17) is 16.0 Å². The average molecular weight is 367 g/mol. The van der Waals surface area contributed by atoms with Crippen LogP contribution in [-0.4, -0.2) is 12.1 Å². The number of halogens is 1. The van der Waals surface area contributed by atoms with E-state index < -0.39 is 0 Å². The van der Waals surface area contributed by atoms with E-state index in [-0.39, 0.29) is 12.3 Å². The zero-order valence-electron chi connectivity index (χ0n) is 14.6. The minimum absolute atomic E-state index is 0.179. The van der Waals surface area contributed by atoms with E-state index in [1.165, 1.54) is 6.21 Å². The van der Waals surface area contributed by atoms with Crippen molar-refractivity contribution in [3.8, 4) is 11.3 Å². The highest BCUT2D eigenvalue weighted by molar-refractivity contribution is 6.31. The van der Waals surface area contributed by atoms with Crippen molar-refractivity contribution in [3.05, 3.63) is 82.1 Å². The number of hydrogen-bond acceptors (Lipinski definition) is 3. The van der Waals surface area contributed by atoms with Crippen LogP contribution in [-0.2, 0) is 11.2 Å². The Labute approximate surface area is 157 Å². The lowest BCUT2D eigenvalue weighted by molar-refractivity contribution is -0.120. The van der Waals surface area contributed by atoms with Gasteiger partial charge in [0.15, 0.2) is 0 Å². The topological polar surface area (TPSA) is 54.6 Å². The normalized spacial score (nSPS) is 11.0. The first-order chi connectivity index (χ1) is 12.5. The smallest absolute Gasteiger partial charge is 0.244 e. The Hall–Kier alpha value is -2.85. The van der Waals surface area contributed by atoms with Crippen molar-refractivity contribution >= 4 is 23.7 Å². The van der Waals surface area contributed by atoms with Gasteiger partial charge >= 0.3 is 0 Å². The lowest BCUT2D eigenvalue weighted by Gasteiger charge is -2.01. The third-order valence-corrected chi connectivity index (χ3v) is 4.36. The van der Waals surface area contributed by atoms with Gasteiger partial charge in [-0.25, -0.2) is 5.43 Å². The number of aryl methyl sites for hydroxylation is 2. The van der Waals surface area contributed by atoms with Gasteiger partial charge in [-0.05, 0) is 43.2 Å². The molecule has 2 aromatic carbocycles. The number of benzene rings is 2. The number of furan rings is 1. The van der Waals surface area contributed by atoms with Crippen LogP contribution in [0.15, 0.2) is 64.1 Å². The van der Waals surface area contributed by atoms with Crippen LogP contribution in [0.25, 0.3) is 11.3 Å². The van der Waals surface area contributed by atoms with Gasteiger partial charge in [-0.2, -0.15) is 5.10 Å². The summed E-state index contributed by atoms with van der Waals surface area (Å²) < 4.78 is 5.72. The van der Waals surface area contributed by atoms with Crippen molar-refractivity contribution in [2.75, 3.05) is 0 Å². The maximum absolute atomic E-state index is 11.9. The monoisotopic (exact) mass is 366 g/mol. The SMILES string of the molecule is Cc1ccc(CC(=O)N/N=C\c2ccc(-c3ccc(C)c(Cl)c3)o2)cc1. The number of amides is 1. The molecule has 0 bridgehead atoms. The highest BCUT2D eigenvalue weighted by Crippen LogP contribution is 2.26. The van der Waals surface area contributed by atoms with Gasteiger partial charge in [-0.1, -0.05) is 53.6 Å². The molecular formula is C21H19ClN2O2. The average Bonchev–Trinajstić information content (AvgIpc) is 3.08. The Bertz CT molecular complexity index is 943. The predicted molar refractivity (Wildman–Crippen MR) is 105 cm³/mol. The van der Waals surface area contributed by atoms with Crippen molar-refractivity contribution in [3.63, 3.8) is 0 Å². The fraction of sp³-hybridized carbons (Fsp3) is 0.143. The van der Waals surface area contributed by atoms with Crippen molar-refractivity contribution < 1.29 is 9.21 Å². The van der Waals surface area contributed by atoms with Crippen molar-refractivity contribution in [2.45, 2.75) is 20.3 Å². The quantitative estimate of drug-likeness (QED) is 0.515. The molecule has 1 aromatic heterocycles. The summed E-state index contributed by atoms with van der Waals surface area (Å²) in [7, 11) is 0. The lowest BCUT2D eigenvalue weighted by atomic mass is 10.1. The molecule has 0 atom stereocenters. The number of rotatable bonds is 5. The van der Waals surface area contributed by atoms with E-state index in [1.54, 1.807) is 6.07 Å². The first-order valence-electron chi connectivity index (χ1n) is 8.25. The molecule has 0 radical (unpaired) electrons. The minimum Gasteiger partial charge on any atom is -0.455 e. The predicted octanol–water partition coefficient (Wildman–Crippen LogP) is 4.91. The van der Waals surface area contributed by atoms with Crippen LogP contribution < -0.4 is 5.43 Å². The van der Waals surface area contributed by atoms with Gasteiger partial charge in [-0.3, -0.25) is 4.79 Å². The second-order valence-corrected chi connectivity index (χ2v) is 6.53. The fourth-order valence-electron chi connectivity index (χ4n) is 2.42. The van der Waals surface area contributed by atoms with Crippen LogP contribution in [0.5, 0.6) is 0 Å². The Morgan fingerprint density at radius 3 is 2.62 bits per heavy atom. The Morgan fingerprint density at radius 1 is 1.12 bits per heavy atom. The van der Waals surface area contributed by atoms with E-state index in [2.05, 4.69) is 10.5 Å². The second kappa shape index (κ2) is 8.02. The highest BCUT2D eigenvalue weighted by Gasteiger charge is 2.06. The molecule has 0 unspecified atom stereocenters. The third-order valence-electron chi connectivity index (χ3n) is 3.95. The maximum atomic E-state index is 11.9. The van der Waals surface area contributed by atoms with Crippen LogP contribution in [0.3, 0.4) is 0 Å². The summed E-state index contributed by atoms with van der Waals surface area (Å²) in [6.07, 6.45) is 1.76. The molecule has 1 heterocycles. The molecule has 0 aliphatic carbocycles. The van der Waals surface area contributed by atoms with Crippen LogP contribution in [0, 0.1) is 13.8 Å². The fourth-order valence-corrected chi connectivity index (χ4v) is 2.60. The van der Waals surface area contributed by atoms with Crippen molar-refractivity contribution in [2.24, 2.45) is 5.10 Å². The summed E-state index contributed by atoms with van der Waals surface area (Å²) >= 11 is 6.15. The molecule has 1 N–H and O–H groups in total. The zero-order valence-corrected chi connectivity index (χ0v) is 15.4. The van der Waals surface area contributed by atoms with Gasteiger partial charge in [0.25, 0.3) is 0 Å². The molecule has 0 saturated heterocycles. The first-order valence-corrected chi connectivity index (χ1v) is 8.63. The number of carbonyl (C=O) groups is 1. The summed E-state index contributed by atoms with van der Waals surface area (Å²) in [6, 6.07) is 17.2. The van der Waals surface area contributed by atoms with Gasteiger partial charge < -0.3 is 4.42 Å². The summed E-state index contributed by atoms with van der Waals surface area (Å²) in [4.78, 5) is 11.9. The molecule has 26 heavy (non-hydrogen) atoms. The molecule has 0 aliphatic rings. The molecule has 1 amide bonds. The third kappa shape index (κ3) is 4.61. The number of nitrogens with one attached hydrogen (secondary N) is 1. The molecule has 3 rings (SSSR count). The molecule has 4 nitrogen and oxygen atoms in total. The van der Waals surface area contributed by atoms with Crippen molar-refractivity contribution in [1.82, 2.24) is 5.43 Å².